The lowest BCUT2D eigenvalue weighted by atomic mass is 9.90. The maximum atomic E-state index is 13.1. The van der Waals surface area contributed by atoms with Crippen LogP contribution in [0.4, 0.5) is 11.8 Å². The Morgan fingerprint density at radius 3 is 2.50 bits per heavy atom. The highest BCUT2D eigenvalue weighted by Gasteiger charge is 2.26. The second kappa shape index (κ2) is 17.4. The molecule has 206 valence electrons. The first-order valence-electron chi connectivity index (χ1n) is 13.1. The minimum atomic E-state index is -0.244. The number of anilines is 2. The third-order valence-electron chi connectivity index (χ3n) is 5.74. The van der Waals surface area contributed by atoms with E-state index in [0.29, 0.717) is 43.3 Å². The second-order valence-electron chi connectivity index (χ2n) is 8.92. The summed E-state index contributed by atoms with van der Waals surface area (Å²) in [6.45, 7) is 8.58. The Kier molecular flexibility index (Phi) is 13.9. The van der Waals surface area contributed by atoms with Crippen molar-refractivity contribution in [1.82, 2.24) is 30.9 Å². The van der Waals surface area contributed by atoms with Crippen LogP contribution in [0.2, 0.25) is 0 Å². The summed E-state index contributed by atoms with van der Waals surface area (Å²) in [5.41, 5.74) is 1.55. The molecule has 5 N–H and O–H groups in total. The summed E-state index contributed by atoms with van der Waals surface area (Å²) < 4.78 is 0. The molecule has 0 bridgehead atoms. The van der Waals surface area contributed by atoms with Gasteiger partial charge in [-0.25, -0.2) is 4.98 Å². The number of nitrogens with one attached hydrogen (secondary N) is 5. The number of carbonyl (C=O) groups excluding carboxylic acids is 3. The molecule has 11 heteroatoms. The number of amides is 3. The normalized spacial score (nSPS) is 16.2. The van der Waals surface area contributed by atoms with E-state index in [0.717, 1.165) is 37.7 Å². The van der Waals surface area contributed by atoms with Gasteiger partial charge in [-0.05, 0) is 63.1 Å². The predicted octanol–water partition coefficient (Wildman–Crippen LogP) is 2.44. The average Bonchev–Trinajstić information content (AvgIpc) is 2.92. The average molecular weight is 525 g/mol. The van der Waals surface area contributed by atoms with Crippen LogP contribution in [0.1, 0.15) is 61.9 Å². The third kappa shape index (κ3) is 10.9. The van der Waals surface area contributed by atoms with E-state index >= 15 is 0 Å². The van der Waals surface area contributed by atoms with Crippen molar-refractivity contribution < 1.29 is 14.4 Å². The van der Waals surface area contributed by atoms with Crippen LogP contribution in [0.15, 0.2) is 43.4 Å². The molecular weight excluding hydrogens is 484 g/mol. The van der Waals surface area contributed by atoms with Gasteiger partial charge in [0.05, 0.1) is 6.54 Å². The van der Waals surface area contributed by atoms with Gasteiger partial charge in [-0.2, -0.15) is 4.98 Å². The largest absolute Gasteiger partial charge is 0.369 e. The fraction of sp³-hybridized carbons (Fsp3) is 0.481. The SMILES string of the molecule is C=CC.CCCNc1nc(NCCc2ccncc2)ncc1C(=O)NC1CCCC(NC(=O)CNC=O)C1. The Bertz CT molecular complexity index is 1020. The van der Waals surface area contributed by atoms with Crippen LogP contribution in [0.3, 0.4) is 0 Å². The van der Waals surface area contributed by atoms with E-state index in [-0.39, 0.29) is 30.4 Å². The van der Waals surface area contributed by atoms with Gasteiger partial charge in [0, 0.05) is 43.8 Å². The number of rotatable bonds is 13. The number of pyridine rings is 1. The monoisotopic (exact) mass is 524 g/mol. The first-order chi connectivity index (χ1) is 18.5. The van der Waals surface area contributed by atoms with Crippen molar-refractivity contribution in [2.45, 2.75) is 64.5 Å². The molecule has 1 aliphatic rings. The zero-order valence-corrected chi connectivity index (χ0v) is 22.3. The molecule has 2 unspecified atom stereocenters. The molecule has 0 radical (unpaired) electrons. The van der Waals surface area contributed by atoms with Gasteiger partial charge in [-0.1, -0.05) is 13.0 Å². The standard InChI is InChI=1S/C24H34N8O3.C3H6/c1-2-9-27-22-20(14-29-24(32-22)28-12-8-17-6-10-25-11-7-17)23(35)31-19-5-3-4-18(13-19)30-21(34)15-26-16-33;1-3-2/h6-7,10-11,14,16,18-19H,2-5,8-9,12-13,15H2,1H3,(H,26,33)(H,30,34)(H,31,35)(H2,27,28,29,32);3H,1H2,2H3. The fourth-order valence-electron chi connectivity index (χ4n) is 4.01. The van der Waals surface area contributed by atoms with Gasteiger partial charge in [0.2, 0.25) is 18.3 Å². The zero-order chi connectivity index (χ0) is 27.6. The van der Waals surface area contributed by atoms with Crippen LogP contribution < -0.4 is 26.6 Å². The number of hydrogen-bond donors (Lipinski definition) is 5. The summed E-state index contributed by atoms with van der Waals surface area (Å²) in [4.78, 5) is 48.3. The summed E-state index contributed by atoms with van der Waals surface area (Å²) in [6, 6.07) is 3.81. The lowest BCUT2D eigenvalue weighted by molar-refractivity contribution is -0.122. The van der Waals surface area contributed by atoms with Crippen molar-refractivity contribution >= 4 is 30.0 Å². The summed E-state index contributed by atoms with van der Waals surface area (Å²) in [6.07, 6.45) is 12.2. The van der Waals surface area contributed by atoms with Crippen molar-refractivity contribution in [2.24, 2.45) is 0 Å². The maximum Gasteiger partial charge on any atom is 0.256 e. The Hall–Kier alpha value is -4.02. The summed E-state index contributed by atoms with van der Waals surface area (Å²) >= 11 is 0. The highest BCUT2D eigenvalue weighted by atomic mass is 16.2. The lowest BCUT2D eigenvalue weighted by Gasteiger charge is -2.30. The number of carbonyl (C=O) groups is 3. The van der Waals surface area contributed by atoms with E-state index in [9.17, 15) is 14.4 Å². The first-order valence-corrected chi connectivity index (χ1v) is 13.1. The molecule has 1 aliphatic carbocycles. The zero-order valence-electron chi connectivity index (χ0n) is 22.3. The molecule has 2 heterocycles. The van der Waals surface area contributed by atoms with Crippen molar-refractivity contribution in [3.05, 3.63) is 54.5 Å². The Balaban J connectivity index is 0.00000161. The van der Waals surface area contributed by atoms with Gasteiger partial charge in [0.1, 0.15) is 11.4 Å². The third-order valence-corrected chi connectivity index (χ3v) is 5.74. The molecule has 1 fully saturated rings. The summed E-state index contributed by atoms with van der Waals surface area (Å²) in [5.74, 6) is 0.469. The number of allylic oxidation sites excluding steroid dienone is 1. The molecule has 2 aromatic heterocycles. The van der Waals surface area contributed by atoms with E-state index in [2.05, 4.69) is 48.1 Å². The number of aromatic nitrogens is 3. The smallest absolute Gasteiger partial charge is 0.256 e. The molecule has 0 saturated heterocycles. The van der Waals surface area contributed by atoms with Crippen LogP contribution in [0.5, 0.6) is 0 Å². The van der Waals surface area contributed by atoms with E-state index in [4.69, 9.17) is 0 Å². The quantitative estimate of drug-likeness (QED) is 0.198. The van der Waals surface area contributed by atoms with Crippen LogP contribution >= 0.6 is 0 Å². The van der Waals surface area contributed by atoms with Crippen molar-refractivity contribution in [3.8, 4) is 0 Å². The van der Waals surface area contributed by atoms with E-state index in [1.165, 1.54) is 0 Å². The first kappa shape index (κ1) is 30.2. The van der Waals surface area contributed by atoms with Crippen molar-refractivity contribution in [2.75, 3.05) is 30.3 Å². The van der Waals surface area contributed by atoms with Crippen molar-refractivity contribution in [3.63, 3.8) is 0 Å². The molecule has 3 rings (SSSR count). The van der Waals surface area contributed by atoms with Gasteiger partial charge in [0.25, 0.3) is 5.91 Å². The summed E-state index contributed by atoms with van der Waals surface area (Å²) in [5, 5.41) is 14.8. The van der Waals surface area contributed by atoms with Gasteiger partial charge < -0.3 is 26.6 Å². The molecule has 1 saturated carbocycles. The van der Waals surface area contributed by atoms with Crippen molar-refractivity contribution in [1.29, 1.82) is 0 Å². The highest BCUT2D eigenvalue weighted by molar-refractivity contribution is 5.98. The van der Waals surface area contributed by atoms with Gasteiger partial charge in [-0.15, -0.1) is 6.58 Å². The molecule has 0 spiro atoms. The van der Waals surface area contributed by atoms with Crippen LogP contribution in [-0.4, -0.2) is 64.9 Å². The Morgan fingerprint density at radius 1 is 1.11 bits per heavy atom. The molecule has 11 nitrogen and oxygen atoms in total. The van der Waals surface area contributed by atoms with E-state index < -0.39 is 0 Å². The molecular formula is C27H40N8O3. The number of nitrogens with zero attached hydrogens (tertiary/aromatic N) is 3. The van der Waals surface area contributed by atoms with Crippen LogP contribution in [0, 0.1) is 0 Å². The molecule has 2 atom stereocenters. The predicted molar refractivity (Wildman–Crippen MR) is 149 cm³/mol. The fourth-order valence-corrected chi connectivity index (χ4v) is 4.01. The van der Waals surface area contributed by atoms with Crippen LogP contribution in [0.25, 0.3) is 0 Å². The molecule has 0 aromatic carbocycles. The second-order valence-corrected chi connectivity index (χ2v) is 8.92. The minimum absolute atomic E-state index is 0.0455. The van der Waals surface area contributed by atoms with E-state index in [1.54, 1.807) is 24.7 Å². The van der Waals surface area contributed by atoms with Gasteiger partial charge in [-0.3, -0.25) is 19.4 Å². The van der Waals surface area contributed by atoms with Gasteiger partial charge in [0.15, 0.2) is 0 Å². The van der Waals surface area contributed by atoms with Gasteiger partial charge >= 0.3 is 0 Å². The summed E-state index contributed by atoms with van der Waals surface area (Å²) in [7, 11) is 0. The topological polar surface area (TPSA) is 150 Å². The number of hydrogen-bond acceptors (Lipinski definition) is 8. The molecule has 2 aromatic rings. The minimum Gasteiger partial charge on any atom is -0.369 e. The Morgan fingerprint density at radius 2 is 1.82 bits per heavy atom. The highest BCUT2D eigenvalue weighted by Crippen LogP contribution is 2.20. The molecule has 38 heavy (non-hydrogen) atoms. The van der Waals surface area contributed by atoms with Crippen LogP contribution in [-0.2, 0) is 16.0 Å². The lowest BCUT2D eigenvalue weighted by Crippen LogP contribution is -2.47. The van der Waals surface area contributed by atoms with E-state index in [1.807, 2.05) is 26.0 Å². The maximum absolute atomic E-state index is 13.1. The molecule has 3 amide bonds. The Labute approximate surface area is 224 Å². The molecule has 0 aliphatic heterocycles.